The first-order valence-electron chi connectivity index (χ1n) is 6.40. The average molecular weight is 224 g/mol. The van der Waals surface area contributed by atoms with E-state index in [1.54, 1.807) is 0 Å². The lowest BCUT2D eigenvalue weighted by molar-refractivity contribution is 0.836. The largest absolute Gasteiger partial charge is 0.0814 e. The van der Waals surface area contributed by atoms with Crippen LogP contribution in [0.5, 0.6) is 0 Å². The van der Waals surface area contributed by atoms with E-state index in [2.05, 4.69) is 69.3 Å². The molecule has 0 atom stereocenters. The molecule has 0 heteroatoms. The predicted molar refractivity (Wildman–Crippen MR) is 77.2 cm³/mol. The molecule has 0 radical (unpaired) electrons. The Morgan fingerprint density at radius 1 is 1.12 bits per heavy atom. The van der Waals surface area contributed by atoms with Crippen molar-refractivity contribution in [2.24, 2.45) is 5.92 Å². The van der Waals surface area contributed by atoms with Crippen LogP contribution in [0.1, 0.15) is 31.9 Å². The molecule has 0 fully saturated rings. The van der Waals surface area contributed by atoms with Crippen LogP contribution in [0.2, 0.25) is 0 Å². The van der Waals surface area contributed by atoms with Gasteiger partial charge in [-0.05, 0) is 40.3 Å². The lowest BCUT2D eigenvalue weighted by atomic mass is 10.00. The van der Waals surface area contributed by atoms with Crippen molar-refractivity contribution in [3.05, 3.63) is 53.6 Å². The molecule has 88 valence electrons. The molecule has 0 aromatic heterocycles. The first-order valence-corrected chi connectivity index (χ1v) is 6.40. The van der Waals surface area contributed by atoms with Gasteiger partial charge in [0.25, 0.3) is 0 Å². The third kappa shape index (κ3) is 2.76. The van der Waals surface area contributed by atoms with Crippen molar-refractivity contribution in [3.8, 4) is 0 Å². The van der Waals surface area contributed by atoms with E-state index < -0.39 is 0 Å². The van der Waals surface area contributed by atoms with Crippen molar-refractivity contribution >= 4 is 16.8 Å². The molecule has 17 heavy (non-hydrogen) atoms. The Labute approximate surface area is 104 Å². The molecule has 0 saturated carbocycles. The molecular formula is C17H20. The van der Waals surface area contributed by atoms with Crippen LogP contribution in [0.4, 0.5) is 0 Å². The topological polar surface area (TPSA) is 0 Å². The smallest absolute Gasteiger partial charge is 0.0152 e. The summed E-state index contributed by atoms with van der Waals surface area (Å²) in [4.78, 5) is 0. The van der Waals surface area contributed by atoms with Crippen molar-refractivity contribution in [3.63, 3.8) is 0 Å². The van der Waals surface area contributed by atoms with Gasteiger partial charge in [0.2, 0.25) is 0 Å². The fraction of sp³-hybridized carbons (Fsp3) is 0.294. The predicted octanol–water partition coefficient (Wildman–Crippen LogP) is 5.07. The van der Waals surface area contributed by atoms with Gasteiger partial charge < -0.3 is 0 Å². The summed E-state index contributed by atoms with van der Waals surface area (Å²) in [5, 5.41) is 2.73. The fourth-order valence-electron chi connectivity index (χ4n) is 2.08. The highest BCUT2D eigenvalue weighted by Gasteiger charge is 1.99. The second-order valence-corrected chi connectivity index (χ2v) is 4.85. The zero-order valence-corrected chi connectivity index (χ0v) is 10.9. The molecule has 0 aliphatic heterocycles. The Bertz CT molecular complexity index is 533. The molecule has 0 spiro atoms. The molecule has 0 nitrogen and oxygen atoms in total. The zero-order chi connectivity index (χ0) is 12.3. The van der Waals surface area contributed by atoms with Crippen molar-refractivity contribution in [2.45, 2.75) is 27.2 Å². The van der Waals surface area contributed by atoms with Gasteiger partial charge >= 0.3 is 0 Å². The maximum absolute atomic E-state index is 2.27. The number of rotatable bonds is 3. The van der Waals surface area contributed by atoms with E-state index in [1.165, 1.54) is 21.9 Å². The van der Waals surface area contributed by atoms with Crippen LogP contribution in [0, 0.1) is 5.92 Å². The number of hydrogen-bond acceptors (Lipinski definition) is 0. The van der Waals surface area contributed by atoms with Gasteiger partial charge in [-0.3, -0.25) is 0 Å². The van der Waals surface area contributed by atoms with E-state index in [0.717, 1.165) is 6.42 Å². The van der Waals surface area contributed by atoms with Gasteiger partial charge in [-0.1, -0.05) is 63.3 Å². The molecule has 0 saturated heterocycles. The van der Waals surface area contributed by atoms with Crippen molar-refractivity contribution in [2.75, 3.05) is 0 Å². The molecule has 2 rings (SSSR count). The Morgan fingerprint density at radius 2 is 1.94 bits per heavy atom. The average Bonchev–Trinajstić information content (AvgIpc) is 2.35. The van der Waals surface area contributed by atoms with Gasteiger partial charge in [0.05, 0.1) is 0 Å². The summed E-state index contributed by atoms with van der Waals surface area (Å²) in [6.07, 6.45) is 5.55. The molecular weight excluding hydrogens is 204 g/mol. The second-order valence-electron chi connectivity index (χ2n) is 4.85. The Morgan fingerprint density at radius 3 is 2.65 bits per heavy atom. The third-order valence-corrected chi connectivity index (χ3v) is 3.05. The van der Waals surface area contributed by atoms with Crippen LogP contribution in [-0.2, 0) is 6.42 Å². The quantitative estimate of drug-likeness (QED) is 0.682. The highest BCUT2D eigenvalue weighted by molar-refractivity contribution is 5.87. The Balaban J connectivity index is 2.45. The minimum Gasteiger partial charge on any atom is -0.0814 e. The molecule has 0 amide bonds. The Kier molecular flexibility index (Phi) is 3.63. The highest BCUT2D eigenvalue weighted by Crippen LogP contribution is 2.21. The molecule has 2 aromatic carbocycles. The number of allylic oxidation sites excluding steroid dienone is 1. The van der Waals surface area contributed by atoms with E-state index >= 15 is 0 Å². The van der Waals surface area contributed by atoms with Crippen LogP contribution >= 0.6 is 0 Å². The number of hydrogen-bond donors (Lipinski definition) is 0. The van der Waals surface area contributed by atoms with E-state index in [-0.39, 0.29) is 0 Å². The van der Waals surface area contributed by atoms with Crippen molar-refractivity contribution < 1.29 is 0 Å². The summed E-state index contributed by atoms with van der Waals surface area (Å²) in [7, 11) is 0. The van der Waals surface area contributed by atoms with Crippen molar-refractivity contribution in [1.29, 1.82) is 0 Å². The number of benzene rings is 2. The van der Waals surface area contributed by atoms with E-state index in [1.807, 2.05) is 0 Å². The van der Waals surface area contributed by atoms with Crippen LogP contribution in [0.3, 0.4) is 0 Å². The lowest BCUT2D eigenvalue weighted by Gasteiger charge is -2.05. The van der Waals surface area contributed by atoms with Gasteiger partial charge in [-0.15, -0.1) is 0 Å². The van der Waals surface area contributed by atoms with Crippen molar-refractivity contribution in [1.82, 2.24) is 0 Å². The van der Waals surface area contributed by atoms with Gasteiger partial charge in [0.15, 0.2) is 0 Å². The molecule has 0 heterocycles. The summed E-state index contributed by atoms with van der Waals surface area (Å²) >= 11 is 0. The van der Waals surface area contributed by atoms with E-state index in [0.29, 0.717) is 5.92 Å². The lowest BCUT2D eigenvalue weighted by Crippen LogP contribution is -1.84. The molecule has 0 unspecified atom stereocenters. The minimum atomic E-state index is 0.604. The number of fused-ring (bicyclic) bond motifs is 1. The summed E-state index contributed by atoms with van der Waals surface area (Å²) in [5.74, 6) is 0.604. The van der Waals surface area contributed by atoms with Crippen LogP contribution in [0.25, 0.3) is 16.8 Å². The van der Waals surface area contributed by atoms with Crippen LogP contribution in [-0.4, -0.2) is 0 Å². The molecule has 0 N–H and O–H groups in total. The zero-order valence-electron chi connectivity index (χ0n) is 10.9. The number of aryl methyl sites for hydroxylation is 1. The fourth-order valence-corrected chi connectivity index (χ4v) is 2.08. The van der Waals surface area contributed by atoms with Gasteiger partial charge in [-0.25, -0.2) is 0 Å². The maximum atomic E-state index is 2.27. The highest BCUT2D eigenvalue weighted by atomic mass is 14.0. The van der Waals surface area contributed by atoms with Gasteiger partial charge in [-0.2, -0.15) is 0 Å². The van der Waals surface area contributed by atoms with Crippen LogP contribution < -0.4 is 0 Å². The van der Waals surface area contributed by atoms with Gasteiger partial charge in [0.1, 0.15) is 0 Å². The monoisotopic (exact) mass is 224 g/mol. The van der Waals surface area contributed by atoms with Gasteiger partial charge in [0, 0.05) is 0 Å². The second kappa shape index (κ2) is 5.18. The minimum absolute atomic E-state index is 0.604. The SMILES string of the molecule is CCc1cccc2cc(/C=C/C(C)C)ccc12. The summed E-state index contributed by atoms with van der Waals surface area (Å²) in [5.41, 5.74) is 2.72. The van der Waals surface area contributed by atoms with E-state index in [4.69, 9.17) is 0 Å². The summed E-state index contributed by atoms with van der Waals surface area (Å²) in [6, 6.07) is 13.3. The third-order valence-electron chi connectivity index (χ3n) is 3.05. The van der Waals surface area contributed by atoms with E-state index in [9.17, 15) is 0 Å². The molecule has 0 bridgehead atoms. The summed E-state index contributed by atoms with van der Waals surface area (Å²) < 4.78 is 0. The normalized spacial score (nSPS) is 11.8. The molecule has 0 aliphatic rings. The maximum Gasteiger partial charge on any atom is -0.0152 e. The van der Waals surface area contributed by atoms with Crippen LogP contribution in [0.15, 0.2) is 42.5 Å². The Hall–Kier alpha value is -1.56. The first-order chi connectivity index (χ1) is 8.20. The summed E-state index contributed by atoms with van der Waals surface area (Å²) in [6.45, 7) is 6.61. The first kappa shape index (κ1) is 11.9. The standard InChI is InChI=1S/C17H20/c1-4-15-6-5-7-16-12-14(9-8-13(2)3)10-11-17(15)16/h5-13H,4H2,1-3H3/b9-8+. The molecule has 0 aliphatic carbocycles. The molecule has 2 aromatic rings.